The number of aromatic nitrogens is 1. The van der Waals surface area contributed by atoms with Gasteiger partial charge in [0.1, 0.15) is 0 Å². The molecule has 0 aliphatic heterocycles. The maximum absolute atomic E-state index is 12.5. The minimum Gasteiger partial charge on any atom is -0.379 e. The number of hydrogen-bond donors (Lipinski definition) is 1. The van der Waals surface area contributed by atoms with Crippen LogP contribution in [0.3, 0.4) is 0 Å². The van der Waals surface area contributed by atoms with Crippen molar-refractivity contribution in [3.8, 4) is 0 Å². The normalized spacial score (nSPS) is 14.3. The van der Waals surface area contributed by atoms with Gasteiger partial charge in [-0.2, -0.15) is 0 Å². The van der Waals surface area contributed by atoms with Gasteiger partial charge in [-0.15, -0.1) is 0 Å². The fraction of sp³-hybridized carbons (Fsp3) is 0.353. The Hall–Kier alpha value is -1.96. The molecular weight excluding hydrogens is 328 g/mol. The summed E-state index contributed by atoms with van der Waals surface area (Å²) in [5.74, 6) is -0.403. The first kappa shape index (κ1) is 18.4. The summed E-state index contributed by atoms with van der Waals surface area (Å²) in [6, 6.07) is 8.61. The van der Waals surface area contributed by atoms with Crippen molar-refractivity contribution in [1.82, 2.24) is 10.0 Å². The lowest BCUT2D eigenvalue weighted by Gasteiger charge is -2.28. The average molecular weight is 350 g/mol. The van der Waals surface area contributed by atoms with Crippen molar-refractivity contribution in [2.75, 3.05) is 12.9 Å². The molecule has 1 aromatic heterocycles. The van der Waals surface area contributed by atoms with Crippen LogP contribution >= 0.6 is 0 Å². The van der Waals surface area contributed by atoms with Crippen molar-refractivity contribution in [2.45, 2.75) is 24.8 Å². The Balaban J connectivity index is 2.20. The van der Waals surface area contributed by atoms with E-state index in [-0.39, 0.29) is 11.5 Å². The van der Waals surface area contributed by atoms with E-state index in [4.69, 9.17) is 4.74 Å². The van der Waals surface area contributed by atoms with Gasteiger partial charge in [-0.05, 0) is 24.6 Å². The molecule has 130 valence electrons. The van der Waals surface area contributed by atoms with E-state index in [1.54, 1.807) is 13.1 Å². The molecule has 0 radical (unpaired) electrons. The van der Waals surface area contributed by atoms with Crippen molar-refractivity contribution >= 4 is 20.7 Å². The molecule has 0 spiro atoms. The molecule has 2 aromatic rings. The van der Waals surface area contributed by atoms with E-state index in [1.807, 2.05) is 30.3 Å². The van der Waals surface area contributed by atoms with Crippen LogP contribution in [0.4, 0.5) is 0 Å². The molecule has 0 aliphatic carbocycles. The number of sulfone groups is 1. The van der Waals surface area contributed by atoms with Crippen LogP contribution in [-0.4, -0.2) is 48.7 Å². The van der Waals surface area contributed by atoms with Crippen LogP contribution in [0.1, 0.15) is 12.5 Å². The second kappa shape index (κ2) is 7.74. The van der Waals surface area contributed by atoms with Gasteiger partial charge in [0, 0.05) is 24.9 Å². The van der Waals surface area contributed by atoms with E-state index in [9.17, 15) is 13.6 Å². The smallest absolute Gasteiger partial charge is 0.156 e. The Morgan fingerprint density at radius 3 is 2.79 bits per heavy atom. The van der Waals surface area contributed by atoms with E-state index in [2.05, 4.69) is 11.6 Å². The number of rotatable bonds is 8. The summed E-state index contributed by atoms with van der Waals surface area (Å²) in [5.41, 5.74) is 1.43. The first-order chi connectivity index (χ1) is 11.4. The monoisotopic (exact) mass is 350 g/mol. The van der Waals surface area contributed by atoms with Gasteiger partial charge in [-0.25, -0.2) is 8.42 Å². The van der Waals surface area contributed by atoms with Gasteiger partial charge in [-0.3, -0.25) is 15.3 Å². The van der Waals surface area contributed by atoms with Crippen LogP contribution in [0.5, 0.6) is 0 Å². The SMILES string of the molecule is C=CN(O)C(CS(=O)(=O)Cc1cnc2ccccc2c1)[C@H](C)OC. The molecule has 1 unspecified atom stereocenters. The number of ether oxygens (including phenoxy) is 1. The number of methoxy groups -OCH3 is 1. The molecule has 2 atom stereocenters. The minimum atomic E-state index is -3.48. The number of hydroxylamine groups is 2. The van der Waals surface area contributed by atoms with E-state index < -0.39 is 22.0 Å². The van der Waals surface area contributed by atoms with E-state index >= 15 is 0 Å². The zero-order chi connectivity index (χ0) is 17.7. The van der Waals surface area contributed by atoms with E-state index in [0.717, 1.165) is 16.0 Å². The summed E-state index contributed by atoms with van der Waals surface area (Å²) < 4.78 is 30.2. The summed E-state index contributed by atoms with van der Waals surface area (Å²) in [6.45, 7) is 5.16. The highest BCUT2D eigenvalue weighted by Gasteiger charge is 2.28. The second-order valence-corrected chi connectivity index (χ2v) is 7.77. The zero-order valence-corrected chi connectivity index (χ0v) is 14.6. The fourth-order valence-electron chi connectivity index (χ4n) is 2.49. The molecule has 0 saturated heterocycles. The fourth-order valence-corrected chi connectivity index (χ4v) is 4.22. The first-order valence-corrected chi connectivity index (χ1v) is 9.35. The molecule has 1 heterocycles. The van der Waals surface area contributed by atoms with Crippen molar-refractivity contribution in [2.24, 2.45) is 0 Å². The average Bonchev–Trinajstić information content (AvgIpc) is 2.58. The minimum absolute atomic E-state index is 0.150. The van der Waals surface area contributed by atoms with E-state index in [0.29, 0.717) is 5.56 Å². The molecule has 1 aromatic carbocycles. The van der Waals surface area contributed by atoms with Gasteiger partial charge in [0.25, 0.3) is 0 Å². The van der Waals surface area contributed by atoms with Crippen LogP contribution < -0.4 is 0 Å². The van der Waals surface area contributed by atoms with Crippen molar-refractivity contribution in [3.05, 3.63) is 54.9 Å². The number of para-hydroxylation sites is 1. The van der Waals surface area contributed by atoms with Gasteiger partial charge in [-0.1, -0.05) is 24.8 Å². The molecule has 0 aliphatic rings. The van der Waals surface area contributed by atoms with Gasteiger partial charge < -0.3 is 4.74 Å². The highest BCUT2D eigenvalue weighted by molar-refractivity contribution is 7.90. The first-order valence-electron chi connectivity index (χ1n) is 7.53. The summed E-state index contributed by atoms with van der Waals surface area (Å²) in [7, 11) is -2.02. The molecule has 0 saturated carbocycles. The lowest BCUT2D eigenvalue weighted by Crippen LogP contribution is -2.43. The van der Waals surface area contributed by atoms with Gasteiger partial charge in [0.05, 0.1) is 29.2 Å². The van der Waals surface area contributed by atoms with Gasteiger partial charge >= 0.3 is 0 Å². The number of hydrogen-bond acceptors (Lipinski definition) is 6. The molecule has 0 fully saturated rings. The Morgan fingerprint density at radius 1 is 1.42 bits per heavy atom. The molecule has 2 rings (SSSR count). The Bertz CT molecular complexity index is 807. The summed E-state index contributed by atoms with van der Waals surface area (Å²) in [6.07, 6.45) is 2.27. The topological polar surface area (TPSA) is 79.7 Å². The number of fused-ring (bicyclic) bond motifs is 1. The van der Waals surface area contributed by atoms with Gasteiger partial charge in [0.2, 0.25) is 0 Å². The highest BCUT2D eigenvalue weighted by Crippen LogP contribution is 2.17. The number of benzene rings is 1. The number of pyridine rings is 1. The number of nitrogens with zero attached hydrogens (tertiary/aromatic N) is 2. The van der Waals surface area contributed by atoms with Gasteiger partial charge in [0.15, 0.2) is 9.84 Å². The highest BCUT2D eigenvalue weighted by atomic mass is 32.2. The molecular formula is C17H22N2O4S. The maximum Gasteiger partial charge on any atom is 0.156 e. The van der Waals surface area contributed by atoms with E-state index in [1.165, 1.54) is 13.3 Å². The predicted molar refractivity (Wildman–Crippen MR) is 93.3 cm³/mol. The third-order valence-corrected chi connectivity index (χ3v) is 5.52. The molecule has 0 bridgehead atoms. The molecule has 6 nitrogen and oxygen atoms in total. The summed E-state index contributed by atoms with van der Waals surface area (Å²) in [5, 5.41) is 11.5. The summed E-state index contributed by atoms with van der Waals surface area (Å²) in [4.78, 5) is 4.28. The molecule has 1 N–H and O–H groups in total. The summed E-state index contributed by atoms with van der Waals surface area (Å²) >= 11 is 0. The Kier molecular flexibility index (Phi) is 5.93. The van der Waals surface area contributed by atoms with Crippen LogP contribution in [0.25, 0.3) is 10.9 Å². The van der Waals surface area contributed by atoms with Crippen molar-refractivity contribution in [3.63, 3.8) is 0 Å². The molecule has 7 heteroatoms. The zero-order valence-electron chi connectivity index (χ0n) is 13.8. The maximum atomic E-state index is 12.5. The van der Waals surface area contributed by atoms with Crippen molar-refractivity contribution < 1.29 is 18.4 Å². The Labute approximate surface area is 142 Å². The van der Waals surface area contributed by atoms with Crippen molar-refractivity contribution in [1.29, 1.82) is 0 Å². The lowest BCUT2D eigenvalue weighted by molar-refractivity contribution is -0.110. The third kappa shape index (κ3) is 4.53. The van der Waals surface area contributed by atoms with Crippen LogP contribution in [0.15, 0.2) is 49.3 Å². The third-order valence-electron chi connectivity index (χ3n) is 3.90. The largest absolute Gasteiger partial charge is 0.379 e. The predicted octanol–water partition coefficient (Wildman–Crippen LogP) is 2.39. The molecule has 24 heavy (non-hydrogen) atoms. The molecule has 0 amide bonds. The second-order valence-electron chi connectivity index (χ2n) is 5.66. The quantitative estimate of drug-likeness (QED) is 0.737. The standard InChI is InChI=1S/C17H22N2O4S/c1-4-19(20)17(13(2)23-3)12-24(21,22)11-14-9-15-7-5-6-8-16(15)18-10-14/h4-10,13,17,20H,1,11-12H2,2-3H3/t13-,17?/m0/s1. The van der Waals surface area contributed by atoms with Crippen LogP contribution in [0.2, 0.25) is 0 Å². The Morgan fingerprint density at radius 2 is 2.12 bits per heavy atom. The van der Waals surface area contributed by atoms with Crippen LogP contribution in [0, 0.1) is 0 Å². The van der Waals surface area contributed by atoms with Crippen LogP contribution in [-0.2, 0) is 20.3 Å². The lowest BCUT2D eigenvalue weighted by atomic mass is 10.2.